The molecule has 1 unspecified atom stereocenters. The van der Waals surface area contributed by atoms with Gasteiger partial charge in [0.1, 0.15) is 0 Å². The van der Waals surface area contributed by atoms with Gasteiger partial charge in [-0.2, -0.15) is 10.4 Å². The van der Waals surface area contributed by atoms with E-state index in [4.69, 9.17) is 5.26 Å². The van der Waals surface area contributed by atoms with Crippen molar-refractivity contribution in [1.82, 2.24) is 9.78 Å². The van der Waals surface area contributed by atoms with Gasteiger partial charge in [0.2, 0.25) is 5.91 Å². The van der Waals surface area contributed by atoms with Crippen LogP contribution in [0.3, 0.4) is 0 Å². The van der Waals surface area contributed by atoms with Crippen LogP contribution in [0.15, 0.2) is 42.6 Å². The Morgan fingerprint density at radius 3 is 2.67 bits per heavy atom. The van der Waals surface area contributed by atoms with Crippen molar-refractivity contribution in [1.29, 1.82) is 5.26 Å². The Hall–Kier alpha value is -2.61. The third-order valence-corrected chi connectivity index (χ3v) is 2.49. The molecule has 0 aliphatic carbocycles. The largest absolute Gasteiger partial charge is 0.308 e. The van der Waals surface area contributed by atoms with E-state index < -0.39 is 5.92 Å². The molecule has 5 heteroatoms. The predicted molar refractivity (Wildman–Crippen MR) is 66.6 cm³/mol. The summed E-state index contributed by atoms with van der Waals surface area (Å²) >= 11 is 0. The fraction of sp³-hybridized carbons (Fsp3) is 0.154. The van der Waals surface area contributed by atoms with Crippen molar-refractivity contribution < 1.29 is 4.79 Å². The van der Waals surface area contributed by atoms with E-state index in [9.17, 15) is 4.79 Å². The van der Waals surface area contributed by atoms with Crippen LogP contribution >= 0.6 is 0 Å². The maximum absolute atomic E-state index is 12.0. The molecule has 2 aromatic rings. The molecule has 0 spiro atoms. The lowest BCUT2D eigenvalue weighted by Crippen LogP contribution is -2.20. The summed E-state index contributed by atoms with van der Waals surface area (Å²) in [7, 11) is 1.76. The van der Waals surface area contributed by atoms with Crippen molar-refractivity contribution in [3.63, 3.8) is 0 Å². The van der Waals surface area contributed by atoms with E-state index in [1.165, 1.54) is 0 Å². The molecule has 1 heterocycles. The summed E-state index contributed by atoms with van der Waals surface area (Å²) in [6.45, 7) is 0. The summed E-state index contributed by atoms with van der Waals surface area (Å²) in [4.78, 5) is 12.0. The fourth-order valence-corrected chi connectivity index (χ4v) is 1.61. The van der Waals surface area contributed by atoms with Crippen LogP contribution in [0.2, 0.25) is 0 Å². The minimum Gasteiger partial charge on any atom is -0.308 e. The highest BCUT2D eigenvalue weighted by molar-refractivity contribution is 5.97. The van der Waals surface area contributed by atoms with E-state index in [-0.39, 0.29) is 5.91 Å². The molecular formula is C13H12N4O. The molecule has 1 amide bonds. The van der Waals surface area contributed by atoms with Gasteiger partial charge in [0.15, 0.2) is 11.7 Å². The van der Waals surface area contributed by atoms with Gasteiger partial charge in [-0.1, -0.05) is 30.3 Å². The topological polar surface area (TPSA) is 70.7 Å². The Morgan fingerprint density at radius 1 is 1.39 bits per heavy atom. The van der Waals surface area contributed by atoms with Gasteiger partial charge in [0.05, 0.1) is 6.07 Å². The zero-order valence-corrected chi connectivity index (χ0v) is 9.87. The Balaban J connectivity index is 2.15. The molecule has 0 radical (unpaired) electrons. The Bertz CT molecular complexity index is 583. The van der Waals surface area contributed by atoms with Crippen LogP contribution < -0.4 is 5.32 Å². The SMILES string of the molecule is Cn1ccc(NC(=O)C(C#N)c2ccccc2)n1. The van der Waals surface area contributed by atoms with Gasteiger partial charge in [-0.15, -0.1) is 0 Å². The number of hydrogen-bond acceptors (Lipinski definition) is 3. The smallest absolute Gasteiger partial charge is 0.247 e. The number of benzene rings is 1. The van der Waals surface area contributed by atoms with Crippen LogP contribution in [0.4, 0.5) is 5.82 Å². The van der Waals surface area contributed by atoms with Crippen molar-refractivity contribution in [2.75, 3.05) is 5.32 Å². The van der Waals surface area contributed by atoms with Crippen molar-refractivity contribution in [3.8, 4) is 6.07 Å². The van der Waals surface area contributed by atoms with Crippen LogP contribution in [0.5, 0.6) is 0 Å². The van der Waals surface area contributed by atoms with Gasteiger partial charge < -0.3 is 5.32 Å². The lowest BCUT2D eigenvalue weighted by atomic mass is 10.00. The fourth-order valence-electron chi connectivity index (χ4n) is 1.61. The summed E-state index contributed by atoms with van der Waals surface area (Å²) in [5, 5.41) is 15.8. The number of nitrogens with one attached hydrogen (secondary N) is 1. The monoisotopic (exact) mass is 240 g/mol. The molecule has 18 heavy (non-hydrogen) atoms. The zero-order chi connectivity index (χ0) is 13.0. The number of carbonyl (C=O) groups excluding carboxylic acids is 1. The summed E-state index contributed by atoms with van der Waals surface area (Å²) in [6.07, 6.45) is 1.72. The maximum Gasteiger partial charge on any atom is 0.247 e. The summed E-state index contributed by atoms with van der Waals surface area (Å²) in [5.74, 6) is -0.755. The summed E-state index contributed by atoms with van der Waals surface area (Å²) in [5.41, 5.74) is 0.674. The number of hydrogen-bond donors (Lipinski definition) is 1. The highest BCUT2D eigenvalue weighted by Crippen LogP contribution is 2.16. The highest BCUT2D eigenvalue weighted by Gasteiger charge is 2.20. The van der Waals surface area contributed by atoms with Gasteiger partial charge in [-0.25, -0.2) is 0 Å². The quantitative estimate of drug-likeness (QED) is 0.887. The van der Waals surface area contributed by atoms with Gasteiger partial charge in [0, 0.05) is 19.3 Å². The number of rotatable bonds is 3. The Kier molecular flexibility index (Phi) is 3.39. The van der Waals surface area contributed by atoms with Crippen molar-refractivity contribution in [2.24, 2.45) is 7.05 Å². The van der Waals surface area contributed by atoms with Gasteiger partial charge in [-0.3, -0.25) is 9.48 Å². The second kappa shape index (κ2) is 5.15. The molecular weight excluding hydrogens is 228 g/mol. The van der Waals surface area contributed by atoms with Crippen LogP contribution in [0.25, 0.3) is 0 Å². The zero-order valence-electron chi connectivity index (χ0n) is 9.87. The van der Waals surface area contributed by atoms with E-state index in [2.05, 4.69) is 10.4 Å². The van der Waals surface area contributed by atoms with Crippen molar-refractivity contribution in [3.05, 3.63) is 48.2 Å². The van der Waals surface area contributed by atoms with E-state index in [1.54, 1.807) is 48.3 Å². The third-order valence-electron chi connectivity index (χ3n) is 2.49. The summed E-state index contributed by atoms with van der Waals surface area (Å²) in [6, 6.07) is 12.6. The average molecular weight is 240 g/mol. The first kappa shape index (κ1) is 11.9. The molecule has 2 rings (SSSR count). The molecule has 0 saturated carbocycles. The molecule has 0 saturated heterocycles. The van der Waals surface area contributed by atoms with E-state index in [0.29, 0.717) is 11.4 Å². The van der Waals surface area contributed by atoms with Gasteiger partial charge >= 0.3 is 0 Å². The molecule has 0 fully saturated rings. The molecule has 5 nitrogen and oxygen atoms in total. The van der Waals surface area contributed by atoms with Crippen LogP contribution in [-0.4, -0.2) is 15.7 Å². The van der Waals surface area contributed by atoms with Gasteiger partial charge in [-0.05, 0) is 5.56 Å². The predicted octanol–water partition coefficient (Wildman–Crippen LogP) is 1.67. The minimum atomic E-state index is -0.826. The first-order chi connectivity index (χ1) is 8.70. The highest BCUT2D eigenvalue weighted by atomic mass is 16.1. The molecule has 1 aromatic heterocycles. The summed E-state index contributed by atoms with van der Waals surface area (Å²) < 4.78 is 1.58. The van der Waals surface area contributed by atoms with Crippen molar-refractivity contribution >= 4 is 11.7 Å². The second-order valence-electron chi connectivity index (χ2n) is 3.84. The number of amides is 1. The second-order valence-corrected chi connectivity index (χ2v) is 3.84. The number of nitrogens with zero attached hydrogens (tertiary/aromatic N) is 3. The molecule has 0 aliphatic heterocycles. The number of carbonyl (C=O) groups is 1. The van der Waals surface area contributed by atoms with E-state index in [1.807, 2.05) is 12.1 Å². The number of nitriles is 1. The molecule has 1 aromatic carbocycles. The van der Waals surface area contributed by atoms with Gasteiger partial charge in [0.25, 0.3) is 0 Å². The number of aryl methyl sites for hydroxylation is 1. The Labute approximate surface area is 105 Å². The third kappa shape index (κ3) is 2.55. The first-order valence-electron chi connectivity index (χ1n) is 5.46. The number of anilines is 1. The first-order valence-corrected chi connectivity index (χ1v) is 5.46. The lowest BCUT2D eigenvalue weighted by Gasteiger charge is -2.08. The molecule has 0 bridgehead atoms. The maximum atomic E-state index is 12.0. The van der Waals surface area contributed by atoms with E-state index >= 15 is 0 Å². The standard InChI is InChI=1S/C13H12N4O/c1-17-8-7-12(16-17)15-13(18)11(9-14)10-5-3-2-4-6-10/h2-8,11H,1H3,(H,15,16,18). The lowest BCUT2D eigenvalue weighted by molar-refractivity contribution is -0.116. The van der Waals surface area contributed by atoms with Crippen LogP contribution in [0, 0.1) is 11.3 Å². The normalized spacial score (nSPS) is 11.6. The van der Waals surface area contributed by atoms with E-state index in [0.717, 1.165) is 0 Å². The van der Waals surface area contributed by atoms with Crippen LogP contribution in [0.1, 0.15) is 11.5 Å². The molecule has 0 aliphatic rings. The Morgan fingerprint density at radius 2 is 2.11 bits per heavy atom. The minimum absolute atomic E-state index is 0.373. The average Bonchev–Trinajstić information content (AvgIpc) is 2.77. The van der Waals surface area contributed by atoms with Crippen molar-refractivity contribution in [2.45, 2.75) is 5.92 Å². The number of aromatic nitrogens is 2. The molecule has 1 N–H and O–H groups in total. The molecule has 1 atom stereocenters. The van der Waals surface area contributed by atoms with Crippen LogP contribution in [-0.2, 0) is 11.8 Å². The molecule has 90 valence electrons.